The third kappa shape index (κ3) is 3.37. The summed E-state index contributed by atoms with van der Waals surface area (Å²) in [6.45, 7) is 1.31. The fourth-order valence-electron chi connectivity index (χ4n) is 3.95. The summed E-state index contributed by atoms with van der Waals surface area (Å²) < 4.78 is 29.4. The highest BCUT2D eigenvalue weighted by molar-refractivity contribution is 7.26. The number of piperidine rings is 1. The van der Waals surface area contributed by atoms with Crippen LogP contribution in [-0.2, 0) is 4.79 Å². The largest absolute Gasteiger partial charge is 0.355 e. The first kappa shape index (κ1) is 18.9. The molecule has 2 aromatic heterocycles. The van der Waals surface area contributed by atoms with Gasteiger partial charge < -0.3 is 10.2 Å². The van der Waals surface area contributed by atoms with Crippen LogP contribution >= 0.6 is 11.3 Å². The number of hydrogen-bond donors (Lipinski definition) is 1. The Morgan fingerprint density at radius 3 is 2.70 bits per heavy atom. The fraction of sp³-hybridized carbons (Fsp3) is 0.227. The smallest absolute Gasteiger partial charge is 0.227 e. The molecule has 2 aromatic carbocycles. The summed E-state index contributed by atoms with van der Waals surface area (Å²) in [6, 6.07) is 10.9. The topological polar surface area (TPSA) is 58.1 Å². The number of carbonyl (C=O) groups excluding carboxylic acids is 1. The number of rotatable bonds is 3. The molecule has 0 spiro atoms. The fourth-order valence-corrected chi connectivity index (χ4v) is 5.14. The molecule has 0 aliphatic carbocycles. The van der Waals surface area contributed by atoms with Gasteiger partial charge in [0.25, 0.3) is 0 Å². The molecule has 1 amide bonds. The number of hydrogen-bond acceptors (Lipinski definition) is 5. The van der Waals surface area contributed by atoms with Crippen LogP contribution in [0.15, 0.2) is 48.8 Å². The number of carbonyl (C=O) groups is 1. The van der Waals surface area contributed by atoms with Crippen LogP contribution in [0.2, 0.25) is 0 Å². The Kier molecular flexibility index (Phi) is 4.78. The van der Waals surface area contributed by atoms with E-state index in [0.717, 1.165) is 15.2 Å². The second kappa shape index (κ2) is 7.60. The van der Waals surface area contributed by atoms with Gasteiger partial charge >= 0.3 is 0 Å². The maximum atomic E-state index is 14.3. The van der Waals surface area contributed by atoms with Crippen molar-refractivity contribution < 1.29 is 13.6 Å². The van der Waals surface area contributed by atoms with E-state index in [4.69, 9.17) is 0 Å². The molecule has 0 radical (unpaired) electrons. The molecule has 30 heavy (non-hydrogen) atoms. The quantitative estimate of drug-likeness (QED) is 0.504. The summed E-state index contributed by atoms with van der Waals surface area (Å²) in [4.78, 5) is 23.5. The highest BCUT2D eigenvalue weighted by Crippen LogP contribution is 2.39. The average Bonchev–Trinajstić information content (AvgIpc) is 3.14. The Morgan fingerprint density at radius 1 is 1.10 bits per heavy atom. The molecule has 152 valence electrons. The molecule has 1 aliphatic rings. The lowest BCUT2D eigenvalue weighted by Gasteiger charge is -2.32. The maximum Gasteiger partial charge on any atom is 0.227 e. The van der Waals surface area contributed by atoms with Gasteiger partial charge in [0, 0.05) is 29.4 Å². The number of thiophene rings is 1. The summed E-state index contributed by atoms with van der Waals surface area (Å²) in [5.41, 5.74) is 1.09. The van der Waals surface area contributed by atoms with Crippen molar-refractivity contribution in [3.8, 4) is 0 Å². The van der Waals surface area contributed by atoms with Gasteiger partial charge in [-0.15, -0.1) is 11.3 Å². The van der Waals surface area contributed by atoms with Crippen molar-refractivity contribution in [3.05, 3.63) is 60.4 Å². The van der Waals surface area contributed by atoms with Gasteiger partial charge in [-0.2, -0.15) is 0 Å². The van der Waals surface area contributed by atoms with Crippen molar-refractivity contribution in [2.75, 3.05) is 23.3 Å². The molecule has 1 N–H and O–H groups in total. The Balaban J connectivity index is 1.34. The number of anilines is 2. The zero-order chi connectivity index (χ0) is 20.7. The van der Waals surface area contributed by atoms with E-state index in [1.165, 1.54) is 35.9 Å². The number of benzene rings is 2. The van der Waals surface area contributed by atoms with E-state index >= 15 is 0 Å². The van der Waals surface area contributed by atoms with Gasteiger partial charge in [0.05, 0.1) is 15.6 Å². The van der Waals surface area contributed by atoms with Crippen LogP contribution in [0.5, 0.6) is 0 Å². The number of aromatic nitrogens is 2. The number of nitrogens with zero attached hydrogens (tertiary/aromatic N) is 3. The standard InChI is InChI=1S/C22H18F2N4OS/c23-14-3-1-4-15(11-14)27-22(29)13-7-9-28(10-8-13)21-20-19(25-12-26-21)18-16(24)5-2-6-17(18)30-20/h1-6,11-13H,7-10H2,(H,27,29). The molecule has 0 saturated carbocycles. The second-order valence-electron chi connectivity index (χ2n) is 7.35. The number of fused-ring (bicyclic) bond motifs is 3. The molecule has 0 bridgehead atoms. The molecule has 5 nitrogen and oxygen atoms in total. The van der Waals surface area contributed by atoms with Crippen LogP contribution in [0.4, 0.5) is 20.3 Å². The van der Waals surface area contributed by atoms with Gasteiger partial charge in [-0.1, -0.05) is 12.1 Å². The molecule has 1 aliphatic heterocycles. The van der Waals surface area contributed by atoms with Crippen LogP contribution in [0.25, 0.3) is 20.3 Å². The van der Waals surface area contributed by atoms with E-state index in [0.29, 0.717) is 42.5 Å². The van der Waals surface area contributed by atoms with Crippen molar-refractivity contribution in [2.45, 2.75) is 12.8 Å². The van der Waals surface area contributed by atoms with Gasteiger partial charge in [-0.25, -0.2) is 18.7 Å². The minimum Gasteiger partial charge on any atom is -0.355 e. The average molecular weight is 424 g/mol. The van der Waals surface area contributed by atoms with Crippen molar-refractivity contribution in [1.82, 2.24) is 9.97 Å². The molecule has 3 heterocycles. The summed E-state index contributed by atoms with van der Waals surface area (Å²) in [5, 5.41) is 3.33. The highest BCUT2D eigenvalue weighted by atomic mass is 32.1. The van der Waals surface area contributed by atoms with Crippen molar-refractivity contribution >= 4 is 49.1 Å². The summed E-state index contributed by atoms with van der Waals surface area (Å²) in [7, 11) is 0. The van der Waals surface area contributed by atoms with Gasteiger partial charge in [-0.3, -0.25) is 4.79 Å². The van der Waals surface area contributed by atoms with Crippen molar-refractivity contribution in [2.24, 2.45) is 5.92 Å². The second-order valence-corrected chi connectivity index (χ2v) is 8.40. The SMILES string of the molecule is O=C(Nc1cccc(F)c1)C1CCN(c2ncnc3c2sc2cccc(F)c23)CC1. The van der Waals surface area contributed by atoms with Crippen LogP contribution in [0.3, 0.4) is 0 Å². The molecule has 4 aromatic rings. The number of halogens is 2. The number of nitrogens with one attached hydrogen (secondary N) is 1. The molecule has 1 saturated heterocycles. The van der Waals surface area contributed by atoms with E-state index < -0.39 is 0 Å². The van der Waals surface area contributed by atoms with Gasteiger partial charge in [0.15, 0.2) is 0 Å². The molecular weight excluding hydrogens is 406 g/mol. The van der Waals surface area contributed by atoms with Crippen molar-refractivity contribution in [3.63, 3.8) is 0 Å². The first-order valence-corrected chi connectivity index (χ1v) is 10.5. The third-order valence-corrected chi connectivity index (χ3v) is 6.61. The Labute approximate surface area is 175 Å². The van der Waals surface area contributed by atoms with Crippen LogP contribution in [0.1, 0.15) is 12.8 Å². The first-order valence-electron chi connectivity index (χ1n) is 9.73. The number of amides is 1. The Morgan fingerprint density at radius 2 is 1.90 bits per heavy atom. The lowest BCUT2D eigenvalue weighted by Crippen LogP contribution is -2.38. The predicted octanol–water partition coefficient (Wildman–Crippen LogP) is 4.98. The Bertz CT molecular complexity index is 1250. The molecule has 5 rings (SSSR count). The highest BCUT2D eigenvalue weighted by Gasteiger charge is 2.27. The van der Waals surface area contributed by atoms with E-state index in [2.05, 4.69) is 20.2 Å². The minimum absolute atomic E-state index is 0.1000. The molecular formula is C22H18F2N4OS. The molecule has 1 fully saturated rings. The van der Waals surface area contributed by atoms with E-state index in [-0.39, 0.29) is 23.5 Å². The maximum absolute atomic E-state index is 14.3. The van der Waals surface area contributed by atoms with Crippen LogP contribution in [-0.4, -0.2) is 29.0 Å². The monoisotopic (exact) mass is 424 g/mol. The summed E-state index contributed by atoms with van der Waals surface area (Å²) in [5.74, 6) is -0.130. The third-order valence-electron chi connectivity index (χ3n) is 5.47. The molecule has 0 unspecified atom stereocenters. The zero-order valence-electron chi connectivity index (χ0n) is 15.9. The van der Waals surface area contributed by atoms with E-state index in [9.17, 15) is 13.6 Å². The van der Waals surface area contributed by atoms with Gasteiger partial charge in [0.1, 0.15) is 23.8 Å². The Hall–Kier alpha value is -3.13. The van der Waals surface area contributed by atoms with Gasteiger partial charge in [0.2, 0.25) is 5.91 Å². The van der Waals surface area contributed by atoms with E-state index in [1.54, 1.807) is 18.2 Å². The van der Waals surface area contributed by atoms with Gasteiger partial charge in [-0.05, 0) is 43.2 Å². The summed E-state index contributed by atoms with van der Waals surface area (Å²) in [6.07, 6.45) is 2.79. The van der Waals surface area contributed by atoms with Crippen LogP contribution < -0.4 is 10.2 Å². The molecule has 8 heteroatoms. The van der Waals surface area contributed by atoms with E-state index in [1.807, 2.05) is 6.07 Å². The zero-order valence-corrected chi connectivity index (χ0v) is 16.8. The normalized spacial score (nSPS) is 15.1. The van der Waals surface area contributed by atoms with Crippen molar-refractivity contribution in [1.29, 1.82) is 0 Å². The summed E-state index contributed by atoms with van der Waals surface area (Å²) >= 11 is 1.48. The van der Waals surface area contributed by atoms with Crippen LogP contribution in [0, 0.1) is 17.6 Å². The predicted molar refractivity (Wildman–Crippen MR) is 115 cm³/mol. The first-order chi connectivity index (χ1) is 14.6. The lowest BCUT2D eigenvalue weighted by atomic mass is 9.95. The molecule has 0 atom stereocenters. The lowest BCUT2D eigenvalue weighted by molar-refractivity contribution is -0.120. The minimum atomic E-state index is -0.379.